The summed E-state index contributed by atoms with van der Waals surface area (Å²) in [7, 11) is -3.20. The highest BCUT2D eigenvalue weighted by molar-refractivity contribution is 7.91. The number of aromatic hydroxyl groups is 1. The lowest BCUT2D eigenvalue weighted by molar-refractivity contribution is 0.474. The Kier molecular flexibility index (Phi) is 3.38. The predicted molar refractivity (Wildman–Crippen MR) is 90.7 cm³/mol. The first-order valence-corrected chi connectivity index (χ1v) is 9.21. The van der Waals surface area contributed by atoms with E-state index in [1.54, 1.807) is 30.3 Å². The Morgan fingerprint density at radius 1 is 1.17 bits per heavy atom. The molecule has 0 atom stereocenters. The highest BCUT2D eigenvalue weighted by atomic mass is 32.2. The fourth-order valence-electron chi connectivity index (χ4n) is 3.07. The zero-order valence-corrected chi connectivity index (χ0v) is 13.5. The van der Waals surface area contributed by atoms with E-state index in [9.17, 15) is 13.5 Å². The van der Waals surface area contributed by atoms with E-state index in [4.69, 9.17) is 0 Å². The quantitative estimate of drug-likeness (QED) is 0.759. The third-order valence-corrected chi connectivity index (χ3v) is 5.99. The number of hydrogen-bond donors (Lipinski definition) is 2. The highest BCUT2D eigenvalue weighted by Crippen LogP contribution is 2.34. The van der Waals surface area contributed by atoms with E-state index in [1.165, 1.54) is 6.33 Å². The van der Waals surface area contributed by atoms with Gasteiger partial charge < -0.3 is 10.4 Å². The number of nitrogens with zero attached hydrogens (tertiary/aromatic N) is 2. The summed E-state index contributed by atoms with van der Waals surface area (Å²) in [6.45, 7) is 0.469. The van der Waals surface area contributed by atoms with Crippen molar-refractivity contribution in [1.29, 1.82) is 0 Å². The van der Waals surface area contributed by atoms with Crippen LogP contribution in [0.25, 0.3) is 10.9 Å². The Labute approximate surface area is 139 Å². The average Bonchev–Trinajstić information content (AvgIpc) is 2.88. The van der Waals surface area contributed by atoms with E-state index in [0.29, 0.717) is 23.7 Å². The van der Waals surface area contributed by atoms with Crippen LogP contribution in [0.1, 0.15) is 11.1 Å². The molecule has 6 nitrogen and oxygen atoms in total. The van der Waals surface area contributed by atoms with Gasteiger partial charge in [0.05, 0.1) is 16.2 Å². The molecular formula is C17H15N3O3S. The topological polar surface area (TPSA) is 92.2 Å². The molecule has 2 aromatic carbocycles. The van der Waals surface area contributed by atoms with Gasteiger partial charge in [0.15, 0.2) is 9.84 Å². The maximum atomic E-state index is 12.1. The fraction of sp³-hybridized carbons (Fsp3) is 0.176. The second-order valence-corrected chi connectivity index (χ2v) is 7.83. The van der Waals surface area contributed by atoms with Gasteiger partial charge in [0.2, 0.25) is 0 Å². The molecule has 0 aliphatic carbocycles. The summed E-state index contributed by atoms with van der Waals surface area (Å²) in [5.41, 5.74) is 2.41. The van der Waals surface area contributed by atoms with Crippen molar-refractivity contribution < 1.29 is 13.5 Å². The lowest BCUT2D eigenvalue weighted by atomic mass is 10.1. The van der Waals surface area contributed by atoms with Gasteiger partial charge in [-0.15, -0.1) is 0 Å². The van der Waals surface area contributed by atoms with Crippen molar-refractivity contribution in [2.75, 3.05) is 11.1 Å². The first-order chi connectivity index (χ1) is 11.5. The van der Waals surface area contributed by atoms with Gasteiger partial charge in [-0.25, -0.2) is 18.4 Å². The summed E-state index contributed by atoms with van der Waals surface area (Å²) in [6, 6.07) is 10.3. The van der Waals surface area contributed by atoms with Crippen LogP contribution < -0.4 is 5.32 Å². The summed E-state index contributed by atoms with van der Waals surface area (Å²) >= 11 is 0. The van der Waals surface area contributed by atoms with Crippen LogP contribution in [0.4, 0.5) is 5.82 Å². The van der Waals surface area contributed by atoms with Gasteiger partial charge in [-0.2, -0.15) is 0 Å². The van der Waals surface area contributed by atoms with Crippen molar-refractivity contribution in [1.82, 2.24) is 9.97 Å². The number of aryl methyl sites for hydroxylation is 1. The number of fused-ring (bicyclic) bond motifs is 3. The number of aromatic nitrogens is 2. The van der Waals surface area contributed by atoms with Gasteiger partial charge in [0, 0.05) is 11.9 Å². The van der Waals surface area contributed by atoms with Gasteiger partial charge in [0.1, 0.15) is 17.9 Å². The Bertz CT molecular complexity index is 1050. The van der Waals surface area contributed by atoms with Crippen LogP contribution in [0, 0.1) is 0 Å². The molecule has 2 N–H and O–H groups in total. The van der Waals surface area contributed by atoms with Crippen LogP contribution in [0.3, 0.4) is 0 Å². The summed E-state index contributed by atoms with van der Waals surface area (Å²) in [5, 5.41) is 13.5. The maximum Gasteiger partial charge on any atom is 0.179 e. The molecule has 122 valence electrons. The lowest BCUT2D eigenvalue weighted by Crippen LogP contribution is -2.04. The van der Waals surface area contributed by atoms with Gasteiger partial charge in [-0.05, 0) is 41.8 Å². The van der Waals surface area contributed by atoms with Crippen molar-refractivity contribution in [2.24, 2.45) is 0 Å². The van der Waals surface area contributed by atoms with E-state index in [2.05, 4.69) is 15.3 Å². The van der Waals surface area contributed by atoms with Gasteiger partial charge in [-0.1, -0.05) is 12.1 Å². The third-order valence-electron chi connectivity index (χ3n) is 4.19. The smallest absolute Gasteiger partial charge is 0.179 e. The predicted octanol–water partition coefficient (Wildman–Crippen LogP) is 2.28. The van der Waals surface area contributed by atoms with Gasteiger partial charge in [-0.3, -0.25) is 0 Å². The molecule has 0 amide bonds. The third kappa shape index (κ3) is 2.46. The van der Waals surface area contributed by atoms with Crippen molar-refractivity contribution in [3.8, 4) is 5.75 Å². The first-order valence-electron chi connectivity index (χ1n) is 7.56. The molecule has 1 aromatic heterocycles. The van der Waals surface area contributed by atoms with Crippen molar-refractivity contribution in [2.45, 2.75) is 17.9 Å². The number of nitrogens with one attached hydrogen (secondary N) is 1. The Balaban J connectivity index is 1.77. The summed E-state index contributed by atoms with van der Waals surface area (Å²) in [5.74, 6) is 0.939. The van der Waals surface area contributed by atoms with Crippen LogP contribution in [0.2, 0.25) is 0 Å². The zero-order chi connectivity index (χ0) is 16.7. The second-order valence-electron chi connectivity index (χ2n) is 5.75. The van der Waals surface area contributed by atoms with Crippen LogP contribution in [-0.4, -0.2) is 29.2 Å². The van der Waals surface area contributed by atoms with E-state index in [0.717, 1.165) is 22.0 Å². The minimum atomic E-state index is -3.20. The minimum absolute atomic E-state index is 0.127. The number of rotatable bonds is 3. The number of phenolic OH excluding ortho intramolecular Hbond substituents is 1. The summed E-state index contributed by atoms with van der Waals surface area (Å²) < 4.78 is 24.3. The summed E-state index contributed by atoms with van der Waals surface area (Å²) in [4.78, 5) is 8.92. The van der Waals surface area contributed by atoms with E-state index in [-0.39, 0.29) is 11.5 Å². The molecule has 24 heavy (non-hydrogen) atoms. The number of sulfone groups is 1. The molecule has 0 bridgehead atoms. The Morgan fingerprint density at radius 2 is 2.04 bits per heavy atom. The molecular weight excluding hydrogens is 326 g/mol. The van der Waals surface area contributed by atoms with Crippen LogP contribution in [0.15, 0.2) is 47.6 Å². The maximum absolute atomic E-state index is 12.1. The molecule has 0 saturated heterocycles. The van der Waals surface area contributed by atoms with Crippen molar-refractivity contribution in [3.05, 3.63) is 53.9 Å². The lowest BCUT2D eigenvalue weighted by Gasteiger charge is -2.11. The molecule has 0 fully saturated rings. The molecule has 1 aliphatic rings. The molecule has 0 spiro atoms. The van der Waals surface area contributed by atoms with E-state index >= 15 is 0 Å². The molecule has 7 heteroatoms. The summed E-state index contributed by atoms with van der Waals surface area (Å²) in [6.07, 6.45) is 1.94. The molecule has 2 heterocycles. The SMILES string of the molecule is O=S1(=O)CCc2c1ccc1ncnc(NCc3cccc(O)c3)c21. The highest BCUT2D eigenvalue weighted by Gasteiger charge is 2.29. The van der Waals surface area contributed by atoms with Crippen LogP contribution in [-0.2, 0) is 22.8 Å². The Morgan fingerprint density at radius 3 is 2.88 bits per heavy atom. The van der Waals surface area contributed by atoms with Crippen molar-refractivity contribution in [3.63, 3.8) is 0 Å². The Hall–Kier alpha value is -2.67. The number of anilines is 1. The minimum Gasteiger partial charge on any atom is -0.508 e. The number of benzene rings is 2. The normalized spacial score (nSPS) is 15.3. The molecule has 0 unspecified atom stereocenters. The standard InChI is InChI=1S/C17H15N3O3S/c21-12-3-1-2-11(8-12)9-18-17-16-13-6-7-24(22,23)15(13)5-4-14(16)19-10-20-17/h1-5,8,10,21H,6-7,9H2,(H,18,19,20). The average molecular weight is 341 g/mol. The molecule has 0 radical (unpaired) electrons. The largest absolute Gasteiger partial charge is 0.508 e. The first kappa shape index (κ1) is 14.9. The van der Waals surface area contributed by atoms with Crippen LogP contribution in [0.5, 0.6) is 5.75 Å². The molecule has 0 saturated carbocycles. The number of hydrogen-bond acceptors (Lipinski definition) is 6. The van der Waals surface area contributed by atoms with E-state index < -0.39 is 9.84 Å². The van der Waals surface area contributed by atoms with Gasteiger partial charge >= 0.3 is 0 Å². The van der Waals surface area contributed by atoms with Gasteiger partial charge in [0.25, 0.3) is 0 Å². The molecule has 4 rings (SSSR count). The monoisotopic (exact) mass is 341 g/mol. The second kappa shape index (κ2) is 5.45. The molecule has 3 aromatic rings. The number of phenols is 1. The molecule has 1 aliphatic heterocycles. The van der Waals surface area contributed by atoms with Crippen LogP contribution >= 0.6 is 0 Å². The fourth-order valence-corrected chi connectivity index (χ4v) is 4.62. The zero-order valence-electron chi connectivity index (χ0n) is 12.7. The van der Waals surface area contributed by atoms with E-state index in [1.807, 2.05) is 6.07 Å². The van der Waals surface area contributed by atoms with Crippen molar-refractivity contribution >= 4 is 26.6 Å².